The Kier molecular flexibility index (Phi) is 5.97. The second-order valence-corrected chi connectivity index (χ2v) is 7.29. The fourth-order valence-corrected chi connectivity index (χ4v) is 3.12. The Balaban J connectivity index is 2.66. The number of sulfone groups is 1. The molecular formula is C14H23NO3S. The highest BCUT2D eigenvalue weighted by molar-refractivity contribution is 7.91. The van der Waals surface area contributed by atoms with Crippen molar-refractivity contribution in [2.24, 2.45) is 0 Å². The van der Waals surface area contributed by atoms with E-state index in [0.717, 1.165) is 11.1 Å². The van der Waals surface area contributed by atoms with E-state index < -0.39 is 9.84 Å². The Morgan fingerprint density at radius 3 is 2.58 bits per heavy atom. The van der Waals surface area contributed by atoms with Gasteiger partial charge in [-0.2, -0.15) is 0 Å². The van der Waals surface area contributed by atoms with Crippen molar-refractivity contribution < 1.29 is 13.5 Å². The third kappa shape index (κ3) is 5.30. The zero-order valence-electron chi connectivity index (χ0n) is 11.8. The van der Waals surface area contributed by atoms with Gasteiger partial charge in [0.15, 0.2) is 9.84 Å². The van der Waals surface area contributed by atoms with Gasteiger partial charge in [-0.3, -0.25) is 0 Å². The number of nitrogens with one attached hydrogen (secondary N) is 1. The summed E-state index contributed by atoms with van der Waals surface area (Å²) in [4.78, 5) is 0. The number of benzene rings is 1. The lowest BCUT2D eigenvalue weighted by Gasteiger charge is -2.20. The quantitative estimate of drug-likeness (QED) is 0.799. The summed E-state index contributed by atoms with van der Waals surface area (Å²) < 4.78 is 23.1. The van der Waals surface area contributed by atoms with Crippen LogP contribution in [0.5, 0.6) is 0 Å². The van der Waals surface area contributed by atoms with Crippen LogP contribution in [-0.4, -0.2) is 31.1 Å². The van der Waals surface area contributed by atoms with Crippen LogP contribution in [0, 0.1) is 0 Å². The van der Waals surface area contributed by atoms with E-state index >= 15 is 0 Å². The molecule has 19 heavy (non-hydrogen) atoms. The third-order valence-corrected chi connectivity index (χ3v) is 5.00. The zero-order valence-corrected chi connectivity index (χ0v) is 12.6. The summed E-state index contributed by atoms with van der Waals surface area (Å²) in [6.45, 7) is 5.54. The van der Waals surface area contributed by atoms with E-state index in [9.17, 15) is 8.42 Å². The number of hydrogen-bond acceptors (Lipinski definition) is 4. The third-order valence-electron chi connectivity index (χ3n) is 3.11. The number of hydrogen-bond donors (Lipinski definition) is 2. The van der Waals surface area contributed by atoms with Crippen LogP contribution in [0.1, 0.15) is 37.9 Å². The molecule has 0 amide bonds. The van der Waals surface area contributed by atoms with Gasteiger partial charge >= 0.3 is 0 Å². The van der Waals surface area contributed by atoms with Crippen LogP contribution >= 0.6 is 0 Å². The summed E-state index contributed by atoms with van der Waals surface area (Å²) >= 11 is 0. The smallest absolute Gasteiger partial charge is 0.151 e. The Bertz CT molecular complexity index is 499. The molecule has 108 valence electrons. The highest BCUT2D eigenvalue weighted by Gasteiger charge is 2.16. The summed E-state index contributed by atoms with van der Waals surface area (Å²) in [5.41, 5.74) is 1.91. The van der Waals surface area contributed by atoms with Gasteiger partial charge in [-0.05, 0) is 25.0 Å². The van der Waals surface area contributed by atoms with Crippen LogP contribution in [-0.2, 0) is 16.4 Å². The molecule has 0 aliphatic carbocycles. The maximum atomic E-state index is 11.6. The van der Waals surface area contributed by atoms with Crippen molar-refractivity contribution in [3.05, 3.63) is 35.4 Å². The topological polar surface area (TPSA) is 66.4 Å². The molecule has 0 heterocycles. The molecule has 4 nitrogen and oxygen atoms in total. The molecule has 0 aliphatic rings. The molecule has 1 aromatic rings. The molecule has 0 fully saturated rings. The van der Waals surface area contributed by atoms with Crippen molar-refractivity contribution >= 4 is 9.84 Å². The second-order valence-electron chi connectivity index (χ2n) is 4.89. The van der Waals surface area contributed by atoms with Crippen molar-refractivity contribution in [1.29, 1.82) is 0 Å². The van der Waals surface area contributed by atoms with Crippen molar-refractivity contribution in [3.8, 4) is 0 Å². The van der Waals surface area contributed by atoms with Gasteiger partial charge in [0, 0.05) is 17.8 Å². The molecule has 2 unspecified atom stereocenters. The first-order chi connectivity index (χ1) is 8.88. The van der Waals surface area contributed by atoms with Gasteiger partial charge in [-0.1, -0.05) is 31.2 Å². The number of rotatable bonds is 7. The first-order valence-corrected chi connectivity index (χ1v) is 8.36. The molecule has 2 atom stereocenters. The number of aliphatic hydroxyl groups excluding tert-OH is 1. The average Bonchev–Trinajstić information content (AvgIpc) is 2.38. The predicted octanol–water partition coefficient (Wildman–Crippen LogP) is 1.65. The molecule has 0 bridgehead atoms. The lowest BCUT2D eigenvalue weighted by Crippen LogP contribution is -2.35. The SMILES string of the molecule is CCS(=O)(=O)CC(C)NC(C)c1cccc(CO)c1. The lowest BCUT2D eigenvalue weighted by molar-refractivity contribution is 0.281. The van der Waals surface area contributed by atoms with Gasteiger partial charge in [0.25, 0.3) is 0 Å². The Morgan fingerprint density at radius 1 is 1.32 bits per heavy atom. The van der Waals surface area contributed by atoms with Crippen LogP contribution in [0.4, 0.5) is 0 Å². The van der Waals surface area contributed by atoms with Crippen molar-refractivity contribution in [3.63, 3.8) is 0 Å². The van der Waals surface area contributed by atoms with Crippen LogP contribution < -0.4 is 5.32 Å². The summed E-state index contributed by atoms with van der Waals surface area (Å²) in [5, 5.41) is 12.4. The Hall–Kier alpha value is -0.910. The normalized spacial score (nSPS) is 15.2. The van der Waals surface area contributed by atoms with Gasteiger partial charge in [-0.25, -0.2) is 8.42 Å². The van der Waals surface area contributed by atoms with Gasteiger partial charge in [0.1, 0.15) is 0 Å². The molecule has 2 N–H and O–H groups in total. The molecule has 0 aliphatic heterocycles. The van der Waals surface area contributed by atoms with Gasteiger partial charge in [0.05, 0.1) is 12.4 Å². The minimum absolute atomic E-state index is 0.0142. The van der Waals surface area contributed by atoms with Crippen molar-refractivity contribution in [1.82, 2.24) is 5.32 Å². The number of aliphatic hydroxyl groups is 1. The standard InChI is InChI=1S/C14H23NO3S/c1-4-19(17,18)10-11(2)15-12(3)14-7-5-6-13(8-14)9-16/h5-8,11-12,15-16H,4,9-10H2,1-3H3. The molecule has 5 heteroatoms. The average molecular weight is 285 g/mol. The maximum absolute atomic E-state index is 11.6. The fourth-order valence-electron chi connectivity index (χ4n) is 2.03. The molecule has 0 spiro atoms. The van der Waals surface area contributed by atoms with Crippen molar-refractivity contribution in [2.45, 2.75) is 39.5 Å². The summed E-state index contributed by atoms with van der Waals surface area (Å²) in [6.07, 6.45) is 0. The van der Waals surface area contributed by atoms with Crippen molar-refractivity contribution in [2.75, 3.05) is 11.5 Å². The zero-order chi connectivity index (χ0) is 14.5. The Labute approximate surface area is 115 Å². The predicted molar refractivity (Wildman–Crippen MR) is 77.7 cm³/mol. The van der Waals surface area contributed by atoms with E-state index in [2.05, 4.69) is 5.32 Å². The highest BCUT2D eigenvalue weighted by Crippen LogP contribution is 2.15. The minimum atomic E-state index is -2.96. The van der Waals surface area contributed by atoms with Gasteiger partial charge < -0.3 is 10.4 Å². The van der Waals surface area contributed by atoms with E-state index in [-0.39, 0.29) is 30.2 Å². The summed E-state index contributed by atoms with van der Waals surface area (Å²) in [7, 11) is -2.96. The van der Waals surface area contributed by atoms with Crippen LogP contribution in [0.25, 0.3) is 0 Å². The van der Waals surface area contributed by atoms with E-state index in [1.807, 2.05) is 38.1 Å². The van der Waals surface area contributed by atoms with Crippen LogP contribution in [0.2, 0.25) is 0 Å². The van der Waals surface area contributed by atoms with Gasteiger partial charge in [-0.15, -0.1) is 0 Å². The monoisotopic (exact) mass is 285 g/mol. The highest BCUT2D eigenvalue weighted by atomic mass is 32.2. The molecule has 0 saturated carbocycles. The van der Waals surface area contributed by atoms with Gasteiger partial charge in [0.2, 0.25) is 0 Å². The first-order valence-electron chi connectivity index (χ1n) is 6.54. The molecule has 1 aromatic carbocycles. The second kappa shape index (κ2) is 7.03. The summed E-state index contributed by atoms with van der Waals surface area (Å²) in [5.74, 6) is 0.320. The van der Waals surface area contributed by atoms with E-state index in [0.29, 0.717) is 0 Å². The van der Waals surface area contributed by atoms with E-state index in [1.165, 1.54) is 0 Å². The molecule has 0 aromatic heterocycles. The first kappa shape index (κ1) is 16.1. The lowest BCUT2D eigenvalue weighted by atomic mass is 10.0. The molecule has 0 radical (unpaired) electrons. The van der Waals surface area contributed by atoms with E-state index in [4.69, 9.17) is 5.11 Å². The van der Waals surface area contributed by atoms with Crippen LogP contribution in [0.15, 0.2) is 24.3 Å². The largest absolute Gasteiger partial charge is 0.392 e. The Morgan fingerprint density at radius 2 is 2.00 bits per heavy atom. The molecular weight excluding hydrogens is 262 g/mol. The maximum Gasteiger partial charge on any atom is 0.151 e. The molecule has 1 rings (SSSR count). The summed E-state index contributed by atoms with van der Waals surface area (Å²) in [6, 6.07) is 7.61. The fraction of sp³-hybridized carbons (Fsp3) is 0.571. The van der Waals surface area contributed by atoms with E-state index in [1.54, 1.807) is 6.92 Å². The van der Waals surface area contributed by atoms with Crippen LogP contribution in [0.3, 0.4) is 0 Å². The minimum Gasteiger partial charge on any atom is -0.392 e. The molecule has 0 saturated heterocycles.